The van der Waals surface area contributed by atoms with Crippen LogP contribution in [0.3, 0.4) is 0 Å². The Balaban J connectivity index is 2.10. The molecule has 0 aliphatic rings. The number of unbranched alkanes of at least 4 members (excludes halogenated alkanes) is 1. The molecule has 0 spiro atoms. The molecule has 0 atom stereocenters. The van der Waals surface area contributed by atoms with Gasteiger partial charge in [-0.15, -0.1) is 0 Å². The van der Waals surface area contributed by atoms with Gasteiger partial charge in [0.05, 0.1) is 13.2 Å². The number of hydrogen-bond acceptors (Lipinski definition) is 4. The summed E-state index contributed by atoms with van der Waals surface area (Å²) in [5.41, 5.74) is 1.05. The average molecular weight is 249 g/mol. The third-order valence-electron chi connectivity index (χ3n) is 2.36. The lowest BCUT2D eigenvalue weighted by molar-refractivity contribution is -0.137. The van der Waals surface area contributed by atoms with Crippen molar-refractivity contribution in [2.24, 2.45) is 0 Å². The van der Waals surface area contributed by atoms with Crippen molar-refractivity contribution in [1.82, 2.24) is 0 Å². The first-order valence-corrected chi connectivity index (χ1v) is 5.96. The van der Waals surface area contributed by atoms with Crippen molar-refractivity contribution in [1.29, 1.82) is 0 Å². The van der Waals surface area contributed by atoms with E-state index in [9.17, 15) is 4.79 Å². The van der Waals surface area contributed by atoms with E-state index < -0.39 is 0 Å². The zero-order valence-electron chi connectivity index (χ0n) is 10.6. The largest absolute Gasteiger partial charge is 0.494 e. The van der Waals surface area contributed by atoms with Gasteiger partial charge in [-0.1, -0.05) is 6.58 Å². The Morgan fingerprint density at radius 2 is 1.94 bits per heavy atom. The van der Waals surface area contributed by atoms with E-state index >= 15 is 0 Å². The summed E-state index contributed by atoms with van der Waals surface area (Å²) in [5, 5.41) is 3.04. The normalized spacial score (nSPS) is 9.61. The highest BCUT2D eigenvalue weighted by atomic mass is 16.5. The van der Waals surface area contributed by atoms with E-state index in [1.54, 1.807) is 0 Å². The summed E-state index contributed by atoms with van der Waals surface area (Å²) >= 11 is 0. The van der Waals surface area contributed by atoms with Gasteiger partial charge in [0.1, 0.15) is 5.75 Å². The van der Waals surface area contributed by atoms with Crippen LogP contribution in [0.1, 0.15) is 12.8 Å². The molecule has 0 amide bonds. The van der Waals surface area contributed by atoms with E-state index in [1.807, 2.05) is 31.3 Å². The Kier molecular flexibility index (Phi) is 6.40. The minimum atomic E-state index is -0.376. The van der Waals surface area contributed by atoms with Gasteiger partial charge in [-0.25, -0.2) is 4.79 Å². The first-order valence-electron chi connectivity index (χ1n) is 5.96. The van der Waals surface area contributed by atoms with Crippen LogP contribution in [0.2, 0.25) is 0 Å². The van der Waals surface area contributed by atoms with Crippen molar-refractivity contribution in [2.45, 2.75) is 12.8 Å². The molecule has 0 fully saturated rings. The van der Waals surface area contributed by atoms with Crippen LogP contribution in [-0.2, 0) is 9.53 Å². The lowest BCUT2D eigenvalue weighted by atomic mass is 10.3. The predicted molar refractivity (Wildman–Crippen MR) is 71.9 cm³/mol. The molecule has 0 radical (unpaired) electrons. The molecule has 0 saturated carbocycles. The van der Waals surface area contributed by atoms with Crippen LogP contribution in [0.25, 0.3) is 0 Å². The smallest absolute Gasteiger partial charge is 0.330 e. The highest BCUT2D eigenvalue weighted by Gasteiger charge is 1.97. The number of carbonyl (C=O) groups is 1. The second kappa shape index (κ2) is 8.17. The van der Waals surface area contributed by atoms with Crippen molar-refractivity contribution in [2.75, 3.05) is 25.6 Å². The lowest BCUT2D eigenvalue weighted by Gasteiger charge is -2.07. The Labute approximate surface area is 108 Å². The zero-order chi connectivity index (χ0) is 13.2. The summed E-state index contributed by atoms with van der Waals surface area (Å²) < 4.78 is 10.4. The van der Waals surface area contributed by atoms with E-state index in [0.717, 1.165) is 24.3 Å². The maximum atomic E-state index is 10.7. The summed E-state index contributed by atoms with van der Waals surface area (Å²) in [5.74, 6) is 0.468. The molecule has 1 rings (SSSR count). The molecule has 0 saturated heterocycles. The van der Waals surface area contributed by atoms with E-state index in [4.69, 9.17) is 9.47 Å². The standard InChI is InChI=1S/C14H19NO3/c1-3-14(16)18-11-5-4-10-17-13-8-6-12(15-2)7-9-13/h3,6-9,15H,1,4-5,10-11H2,2H3. The first-order chi connectivity index (χ1) is 8.76. The summed E-state index contributed by atoms with van der Waals surface area (Å²) in [6.45, 7) is 4.35. The van der Waals surface area contributed by atoms with Crippen molar-refractivity contribution < 1.29 is 14.3 Å². The fraction of sp³-hybridized carbons (Fsp3) is 0.357. The Bertz CT molecular complexity index is 373. The van der Waals surface area contributed by atoms with Gasteiger partial charge < -0.3 is 14.8 Å². The fourth-order valence-electron chi connectivity index (χ4n) is 1.34. The molecular weight excluding hydrogens is 230 g/mol. The number of hydrogen-bond donors (Lipinski definition) is 1. The molecule has 0 heterocycles. The van der Waals surface area contributed by atoms with Gasteiger partial charge in [0.25, 0.3) is 0 Å². The summed E-state index contributed by atoms with van der Waals surface area (Å²) in [7, 11) is 1.88. The van der Waals surface area contributed by atoms with Gasteiger partial charge in [0.15, 0.2) is 0 Å². The molecule has 0 aliphatic heterocycles. The molecule has 4 heteroatoms. The first kappa shape index (κ1) is 14.1. The maximum absolute atomic E-state index is 10.7. The van der Waals surface area contributed by atoms with Crippen LogP contribution < -0.4 is 10.1 Å². The van der Waals surface area contributed by atoms with E-state index in [2.05, 4.69) is 11.9 Å². The number of nitrogens with one attached hydrogen (secondary N) is 1. The Hall–Kier alpha value is -1.97. The monoisotopic (exact) mass is 249 g/mol. The fourth-order valence-corrected chi connectivity index (χ4v) is 1.34. The van der Waals surface area contributed by atoms with Crippen LogP contribution in [-0.4, -0.2) is 26.2 Å². The molecule has 18 heavy (non-hydrogen) atoms. The molecule has 0 aromatic heterocycles. The van der Waals surface area contributed by atoms with Gasteiger partial charge >= 0.3 is 5.97 Å². The van der Waals surface area contributed by atoms with Crippen LogP contribution >= 0.6 is 0 Å². The summed E-state index contributed by atoms with van der Waals surface area (Å²) in [6.07, 6.45) is 2.80. The predicted octanol–water partition coefficient (Wildman–Crippen LogP) is 2.62. The van der Waals surface area contributed by atoms with Gasteiger partial charge in [-0.05, 0) is 37.1 Å². The summed E-state index contributed by atoms with van der Waals surface area (Å²) in [6, 6.07) is 7.76. The summed E-state index contributed by atoms with van der Waals surface area (Å²) in [4.78, 5) is 10.7. The van der Waals surface area contributed by atoms with Crippen LogP contribution in [0.15, 0.2) is 36.9 Å². The molecule has 4 nitrogen and oxygen atoms in total. The second-order valence-corrected chi connectivity index (χ2v) is 3.70. The minimum Gasteiger partial charge on any atom is -0.494 e. The van der Waals surface area contributed by atoms with Crippen molar-refractivity contribution in [3.63, 3.8) is 0 Å². The van der Waals surface area contributed by atoms with Crippen LogP contribution in [0, 0.1) is 0 Å². The highest BCUT2D eigenvalue weighted by Crippen LogP contribution is 2.15. The van der Waals surface area contributed by atoms with Crippen LogP contribution in [0.5, 0.6) is 5.75 Å². The lowest BCUT2D eigenvalue weighted by Crippen LogP contribution is -2.04. The number of anilines is 1. The number of rotatable bonds is 8. The van der Waals surface area contributed by atoms with E-state index in [-0.39, 0.29) is 5.97 Å². The number of carbonyl (C=O) groups excluding carboxylic acids is 1. The molecule has 0 aliphatic carbocycles. The topological polar surface area (TPSA) is 47.6 Å². The minimum absolute atomic E-state index is 0.376. The van der Waals surface area contributed by atoms with Crippen molar-refractivity contribution >= 4 is 11.7 Å². The SMILES string of the molecule is C=CC(=O)OCCCCOc1ccc(NC)cc1. The van der Waals surface area contributed by atoms with Crippen molar-refractivity contribution in [3.05, 3.63) is 36.9 Å². The van der Waals surface area contributed by atoms with Gasteiger partial charge in [0.2, 0.25) is 0 Å². The second-order valence-electron chi connectivity index (χ2n) is 3.70. The number of benzene rings is 1. The molecule has 1 N–H and O–H groups in total. The Morgan fingerprint density at radius 1 is 1.28 bits per heavy atom. The van der Waals surface area contributed by atoms with Gasteiger partial charge in [-0.3, -0.25) is 0 Å². The molecular formula is C14H19NO3. The Morgan fingerprint density at radius 3 is 2.56 bits per heavy atom. The third-order valence-corrected chi connectivity index (χ3v) is 2.36. The van der Waals surface area contributed by atoms with E-state index in [0.29, 0.717) is 13.2 Å². The molecule has 0 bridgehead atoms. The molecule has 1 aromatic carbocycles. The average Bonchev–Trinajstić information content (AvgIpc) is 2.43. The van der Waals surface area contributed by atoms with Crippen molar-refractivity contribution in [3.8, 4) is 5.75 Å². The molecule has 1 aromatic rings. The molecule has 98 valence electrons. The van der Waals surface area contributed by atoms with Crippen LogP contribution in [0.4, 0.5) is 5.69 Å². The zero-order valence-corrected chi connectivity index (χ0v) is 10.6. The van der Waals surface area contributed by atoms with Gasteiger partial charge in [-0.2, -0.15) is 0 Å². The quantitative estimate of drug-likeness (QED) is 0.437. The molecule has 0 unspecified atom stereocenters. The maximum Gasteiger partial charge on any atom is 0.330 e. The van der Waals surface area contributed by atoms with E-state index in [1.165, 1.54) is 6.08 Å². The highest BCUT2D eigenvalue weighted by molar-refractivity contribution is 5.81. The number of ether oxygens (including phenoxy) is 2. The number of esters is 1. The van der Waals surface area contributed by atoms with Gasteiger partial charge in [0, 0.05) is 18.8 Å². The third kappa shape index (κ3) is 5.39.